The highest BCUT2D eigenvalue weighted by atomic mass is 19.1. The van der Waals surface area contributed by atoms with E-state index in [1.165, 1.54) is 12.1 Å². The summed E-state index contributed by atoms with van der Waals surface area (Å²) in [6.07, 6.45) is -0.270. The van der Waals surface area contributed by atoms with E-state index >= 15 is 0 Å². The van der Waals surface area contributed by atoms with Gasteiger partial charge in [0.05, 0.1) is 11.4 Å². The molecule has 0 spiro atoms. The molecule has 2 fully saturated rings. The number of hydrogen-bond acceptors (Lipinski definition) is 4. The molecule has 2 N–H and O–H groups in total. The van der Waals surface area contributed by atoms with Crippen LogP contribution in [0.15, 0.2) is 48.5 Å². The summed E-state index contributed by atoms with van der Waals surface area (Å²) in [5.41, 5.74) is 7.88. The van der Waals surface area contributed by atoms with Crippen LogP contribution in [0.2, 0.25) is 0 Å². The Kier molecular flexibility index (Phi) is 4.89. The largest absolute Gasteiger partial charge is 0.444 e. The van der Waals surface area contributed by atoms with Crippen molar-refractivity contribution in [3.05, 3.63) is 59.9 Å². The summed E-state index contributed by atoms with van der Waals surface area (Å²) in [5, 5.41) is 0. The standard InChI is InChI=1S/C23H28FN3O2/c1-23(2,3)29-22(28)27(12-15-7-5-4-6-8-15)21-17-13-26(14-18(17)21)20-10-9-16(24)11-19(20)25/h4-11,17-18,21H,12-14,25H2,1-3H3/t17-,18?,21+/m0/s1. The van der Waals surface area contributed by atoms with E-state index < -0.39 is 5.60 Å². The van der Waals surface area contributed by atoms with Crippen molar-refractivity contribution in [2.75, 3.05) is 23.7 Å². The van der Waals surface area contributed by atoms with Crippen LogP contribution in [0.25, 0.3) is 0 Å². The smallest absolute Gasteiger partial charge is 0.410 e. The highest BCUT2D eigenvalue weighted by Gasteiger charge is 2.60. The lowest BCUT2D eigenvalue weighted by molar-refractivity contribution is 0.0195. The average molecular weight is 397 g/mol. The van der Waals surface area contributed by atoms with Crippen LogP contribution in [0.3, 0.4) is 0 Å². The van der Waals surface area contributed by atoms with Gasteiger partial charge in [0.1, 0.15) is 11.4 Å². The number of nitrogen functional groups attached to an aromatic ring is 1. The number of carbonyl (C=O) groups excluding carboxylic acids is 1. The van der Waals surface area contributed by atoms with E-state index in [1.54, 1.807) is 6.07 Å². The second-order valence-electron chi connectivity index (χ2n) is 9.02. The summed E-state index contributed by atoms with van der Waals surface area (Å²) >= 11 is 0. The number of halogens is 1. The minimum atomic E-state index is -0.537. The SMILES string of the molecule is CC(C)(C)OC(=O)N(Cc1ccccc1)[C@H]1C2CN(c3ccc(F)cc3N)C[C@@H]21. The number of amides is 1. The van der Waals surface area contributed by atoms with Gasteiger partial charge < -0.3 is 20.3 Å². The van der Waals surface area contributed by atoms with E-state index in [0.29, 0.717) is 24.1 Å². The molecule has 2 aromatic carbocycles. The van der Waals surface area contributed by atoms with Crippen LogP contribution in [0, 0.1) is 17.7 Å². The zero-order valence-corrected chi connectivity index (χ0v) is 17.1. The first-order valence-electron chi connectivity index (χ1n) is 10.1. The van der Waals surface area contributed by atoms with E-state index in [4.69, 9.17) is 10.5 Å². The normalized spacial score (nSPS) is 22.9. The van der Waals surface area contributed by atoms with Gasteiger partial charge in [-0.05, 0) is 44.5 Å². The molecule has 2 aromatic rings. The summed E-state index contributed by atoms with van der Waals surface area (Å²) in [6.45, 7) is 7.81. The fraction of sp³-hybridized carbons (Fsp3) is 0.435. The van der Waals surface area contributed by atoms with Gasteiger partial charge >= 0.3 is 6.09 Å². The third kappa shape index (κ3) is 4.16. The predicted octanol–water partition coefficient (Wildman–Crippen LogP) is 4.28. The van der Waals surface area contributed by atoms with E-state index in [1.807, 2.05) is 56.0 Å². The molecule has 0 radical (unpaired) electrons. The number of anilines is 2. The summed E-state index contributed by atoms with van der Waals surface area (Å²) in [7, 11) is 0. The number of piperidine rings is 1. The van der Waals surface area contributed by atoms with Gasteiger partial charge in [-0.3, -0.25) is 0 Å². The molecule has 1 amide bonds. The molecule has 0 bridgehead atoms. The van der Waals surface area contributed by atoms with Gasteiger partial charge in [0, 0.05) is 37.5 Å². The first-order valence-corrected chi connectivity index (χ1v) is 10.1. The molecule has 29 heavy (non-hydrogen) atoms. The second kappa shape index (κ2) is 7.25. The van der Waals surface area contributed by atoms with Crippen molar-refractivity contribution in [3.63, 3.8) is 0 Å². The second-order valence-corrected chi connectivity index (χ2v) is 9.02. The van der Waals surface area contributed by atoms with Crippen LogP contribution in [-0.4, -0.2) is 35.7 Å². The first kappa shape index (κ1) is 19.6. The van der Waals surface area contributed by atoms with Gasteiger partial charge in [-0.1, -0.05) is 30.3 Å². The lowest BCUT2D eigenvalue weighted by Gasteiger charge is -2.31. The van der Waals surface area contributed by atoms with E-state index in [0.717, 1.165) is 24.3 Å². The molecule has 1 aliphatic carbocycles. The molecule has 1 aliphatic heterocycles. The highest BCUT2D eigenvalue weighted by molar-refractivity contribution is 5.71. The zero-order chi connectivity index (χ0) is 20.8. The third-order valence-electron chi connectivity index (χ3n) is 5.66. The van der Waals surface area contributed by atoms with Crippen LogP contribution in [0.1, 0.15) is 26.3 Å². The number of benzene rings is 2. The lowest BCUT2D eigenvalue weighted by atomic mass is 10.2. The van der Waals surface area contributed by atoms with Crippen LogP contribution in [0.5, 0.6) is 0 Å². The Labute approximate surface area is 171 Å². The number of carbonyl (C=O) groups is 1. The molecular formula is C23H28FN3O2. The number of nitrogens with zero attached hydrogens (tertiary/aromatic N) is 2. The van der Waals surface area contributed by atoms with Gasteiger partial charge in [0.15, 0.2) is 0 Å². The van der Waals surface area contributed by atoms with Crippen molar-refractivity contribution < 1.29 is 13.9 Å². The van der Waals surface area contributed by atoms with Crippen molar-refractivity contribution in [1.29, 1.82) is 0 Å². The molecule has 154 valence electrons. The Balaban J connectivity index is 1.48. The van der Waals surface area contributed by atoms with E-state index in [-0.39, 0.29) is 18.0 Å². The zero-order valence-electron chi connectivity index (χ0n) is 17.1. The Morgan fingerprint density at radius 2 is 1.83 bits per heavy atom. The van der Waals surface area contributed by atoms with E-state index in [2.05, 4.69) is 4.90 Å². The van der Waals surface area contributed by atoms with Crippen molar-refractivity contribution in [1.82, 2.24) is 4.90 Å². The van der Waals surface area contributed by atoms with Gasteiger partial charge in [0.25, 0.3) is 0 Å². The maximum Gasteiger partial charge on any atom is 0.410 e. The predicted molar refractivity (Wildman–Crippen MR) is 112 cm³/mol. The molecule has 1 saturated carbocycles. The molecule has 4 rings (SSSR count). The quantitative estimate of drug-likeness (QED) is 0.783. The maximum atomic E-state index is 13.4. The third-order valence-corrected chi connectivity index (χ3v) is 5.66. The lowest BCUT2D eigenvalue weighted by Crippen LogP contribution is -2.41. The van der Waals surface area contributed by atoms with Gasteiger partial charge in [0.2, 0.25) is 0 Å². The number of rotatable bonds is 4. The number of hydrogen-bond donors (Lipinski definition) is 1. The van der Waals surface area contributed by atoms with Gasteiger partial charge in [-0.25, -0.2) is 9.18 Å². The fourth-order valence-corrected chi connectivity index (χ4v) is 4.36. The molecule has 1 heterocycles. The number of ether oxygens (including phenoxy) is 1. The molecule has 3 atom stereocenters. The minimum absolute atomic E-state index is 0.156. The van der Waals surface area contributed by atoms with Crippen molar-refractivity contribution in [2.45, 2.75) is 39.0 Å². The summed E-state index contributed by atoms with van der Waals surface area (Å²) in [4.78, 5) is 17.0. The first-order chi connectivity index (χ1) is 13.7. The topological polar surface area (TPSA) is 58.8 Å². The Morgan fingerprint density at radius 1 is 1.17 bits per heavy atom. The van der Waals surface area contributed by atoms with Crippen molar-refractivity contribution >= 4 is 17.5 Å². The Bertz CT molecular complexity index is 885. The molecule has 1 saturated heterocycles. The van der Waals surface area contributed by atoms with Crippen LogP contribution in [0.4, 0.5) is 20.6 Å². The highest BCUT2D eigenvalue weighted by Crippen LogP contribution is 2.51. The summed E-state index contributed by atoms with van der Waals surface area (Å²) in [6, 6.07) is 14.7. The fourth-order valence-electron chi connectivity index (χ4n) is 4.36. The van der Waals surface area contributed by atoms with Crippen molar-refractivity contribution in [3.8, 4) is 0 Å². The molecule has 2 aliphatic rings. The summed E-state index contributed by atoms with van der Waals surface area (Å²) < 4.78 is 19.1. The Hall–Kier alpha value is -2.76. The van der Waals surface area contributed by atoms with E-state index in [9.17, 15) is 9.18 Å². The molecule has 5 nitrogen and oxygen atoms in total. The number of nitrogens with two attached hydrogens (primary N) is 1. The van der Waals surface area contributed by atoms with Crippen LogP contribution < -0.4 is 10.6 Å². The van der Waals surface area contributed by atoms with Crippen LogP contribution in [-0.2, 0) is 11.3 Å². The molecular weight excluding hydrogens is 369 g/mol. The minimum Gasteiger partial charge on any atom is -0.444 e. The molecule has 6 heteroatoms. The average Bonchev–Trinajstić information content (AvgIpc) is 3.11. The maximum absolute atomic E-state index is 13.4. The molecule has 0 aromatic heterocycles. The summed E-state index contributed by atoms with van der Waals surface area (Å²) in [5.74, 6) is 0.416. The van der Waals surface area contributed by atoms with Gasteiger partial charge in [-0.15, -0.1) is 0 Å². The number of fused-ring (bicyclic) bond motifs is 1. The van der Waals surface area contributed by atoms with Crippen molar-refractivity contribution in [2.24, 2.45) is 11.8 Å². The Morgan fingerprint density at radius 3 is 2.41 bits per heavy atom. The molecule has 1 unspecified atom stereocenters. The monoisotopic (exact) mass is 397 g/mol. The van der Waals surface area contributed by atoms with Crippen LogP contribution >= 0.6 is 0 Å². The van der Waals surface area contributed by atoms with Gasteiger partial charge in [-0.2, -0.15) is 0 Å².